The van der Waals surface area contributed by atoms with Crippen LogP contribution >= 0.6 is 0 Å². The first-order chi connectivity index (χ1) is 21.9. The van der Waals surface area contributed by atoms with Crippen molar-refractivity contribution in [1.82, 2.24) is 0 Å². The van der Waals surface area contributed by atoms with E-state index < -0.39 is 0 Å². The smallest absolute Gasteiger partial charge is 0.127 e. The molecule has 0 saturated heterocycles. The van der Waals surface area contributed by atoms with E-state index >= 15 is 0 Å². The van der Waals surface area contributed by atoms with Gasteiger partial charge in [0.05, 0.1) is 7.11 Å². The van der Waals surface area contributed by atoms with Gasteiger partial charge >= 0.3 is 0 Å². The number of methoxy groups -OCH3 is 1. The summed E-state index contributed by atoms with van der Waals surface area (Å²) in [5.41, 5.74) is 11.3. The van der Waals surface area contributed by atoms with Gasteiger partial charge in [-0.25, -0.2) is 0 Å². The third-order valence-electron chi connectivity index (χ3n) is 8.73. The van der Waals surface area contributed by atoms with Gasteiger partial charge in [0.1, 0.15) is 17.2 Å². The van der Waals surface area contributed by atoms with Crippen molar-refractivity contribution in [2.75, 3.05) is 7.11 Å². The van der Waals surface area contributed by atoms with Gasteiger partial charge in [-0.1, -0.05) is 129 Å². The van der Waals surface area contributed by atoms with Crippen molar-refractivity contribution < 1.29 is 9.47 Å². The molecule has 0 amide bonds. The molecule has 2 nitrogen and oxygen atoms in total. The van der Waals surface area contributed by atoms with Gasteiger partial charge in [-0.15, -0.1) is 0 Å². The number of aryl methyl sites for hydroxylation is 1. The van der Waals surface area contributed by atoms with Crippen LogP contribution in [0.1, 0.15) is 52.8 Å². The van der Waals surface area contributed by atoms with Crippen LogP contribution in [-0.4, -0.2) is 7.11 Å². The third-order valence-corrected chi connectivity index (χ3v) is 8.73. The van der Waals surface area contributed by atoms with Gasteiger partial charge in [-0.05, 0) is 101 Å². The molecule has 2 heteroatoms. The predicted molar refractivity (Wildman–Crippen MR) is 187 cm³/mol. The minimum absolute atomic E-state index is 0.128. The van der Waals surface area contributed by atoms with Gasteiger partial charge in [0, 0.05) is 5.41 Å². The molecule has 0 unspecified atom stereocenters. The lowest BCUT2D eigenvalue weighted by molar-refractivity contribution is 0.414. The Bertz CT molecular complexity index is 1810. The van der Waals surface area contributed by atoms with Crippen LogP contribution in [0, 0.1) is 6.92 Å². The summed E-state index contributed by atoms with van der Waals surface area (Å²) in [6.07, 6.45) is 1.84. The quantitative estimate of drug-likeness (QED) is 0.158. The topological polar surface area (TPSA) is 18.5 Å². The Morgan fingerprint density at radius 3 is 1.16 bits per heavy atom. The highest BCUT2D eigenvalue weighted by Gasteiger charge is 2.23. The van der Waals surface area contributed by atoms with Crippen molar-refractivity contribution in [3.8, 4) is 28.4 Å². The molecule has 6 aromatic rings. The van der Waals surface area contributed by atoms with Crippen LogP contribution in [0.25, 0.3) is 11.1 Å². The lowest BCUT2D eigenvalue weighted by atomic mass is 9.78. The monoisotopic (exact) mass is 588 g/mol. The normalized spacial score (nSPS) is 11.3. The molecule has 0 aliphatic heterocycles. The molecule has 6 rings (SSSR count). The van der Waals surface area contributed by atoms with Gasteiger partial charge in [-0.3, -0.25) is 0 Å². The number of benzene rings is 6. The van der Waals surface area contributed by atoms with E-state index in [0.717, 1.165) is 30.1 Å². The number of hydrogen-bond acceptors (Lipinski definition) is 2. The Morgan fingerprint density at radius 1 is 0.422 bits per heavy atom. The molecular formula is C43H40O2. The Kier molecular flexibility index (Phi) is 8.84. The fourth-order valence-corrected chi connectivity index (χ4v) is 5.73. The van der Waals surface area contributed by atoms with Crippen molar-refractivity contribution in [3.05, 3.63) is 185 Å². The molecule has 0 spiro atoms. The van der Waals surface area contributed by atoms with Crippen LogP contribution in [0.2, 0.25) is 0 Å². The maximum atomic E-state index is 6.18. The van der Waals surface area contributed by atoms with E-state index in [4.69, 9.17) is 9.47 Å². The zero-order valence-corrected chi connectivity index (χ0v) is 26.6. The fourth-order valence-electron chi connectivity index (χ4n) is 5.73. The first-order valence-electron chi connectivity index (χ1n) is 15.6. The predicted octanol–water partition coefficient (Wildman–Crippen LogP) is 11.0. The van der Waals surface area contributed by atoms with Crippen LogP contribution in [0.15, 0.2) is 146 Å². The van der Waals surface area contributed by atoms with Crippen LogP contribution in [0.5, 0.6) is 17.2 Å². The van der Waals surface area contributed by atoms with Gasteiger partial charge in [0.15, 0.2) is 0 Å². The molecule has 224 valence electrons. The summed E-state index contributed by atoms with van der Waals surface area (Å²) in [5.74, 6) is 2.53. The largest absolute Gasteiger partial charge is 0.497 e. The molecule has 0 aromatic heterocycles. The SMILES string of the molecule is COc1ccc(C(C)(C)c2ccc(Oc3ccc(Cc4ccc(-c5ccc(Cc6ccc(C)cc6)cc5)cc4)cc3)cc2)cc1. The van der Waals surface area contributed by atoms with E-state index in [1.165, 1.54) is 50.1 Å². The Labute approximate surface area is 267 Å². The molecule has 0 aliphatic carbocycles. The van der Waals surface area contributed by atoms with Crippen LogP contribution in [0.3, 0.4) is 0 Å². The average molecular weight is 589 g/mol. The second-order valence-electron chi connectivity index (χ2n) is 12.4. The maximum absolute atomic E-state index is 6.18. The minimum Gasteiger partial charge on any atom is -0.497 e. The van der Waals surface area contributed by atoms with Crippen LogP contribution in [-0.2, 0) is 18.3 Å². The highest BCUT2D eigenvalue weighted by atomic mass is 16.5. The molecule has 0 heterocycles. The summed E-state index contributed by atoms with van der Waals surface area (Å²) in [5, 5.41) is 0. The Morgan fingerprint density at radius 2 is 0.756 bits per heavy atom. The number of ether oxygens (including phenoxy) is 2. The summed E-state index contributed by atoms with van der Waals surface area (Å²) in [6, 6.07) is 51.7. The summed E-state index contributed by atoms with van der Waals surface area (Å²) in [4.78, 5) is 0. The van der Waals surface area contributed by atoms with E-state index in [9.17, 15) is 0 Å². The van der Waals surface area contributed by atoms with Gasteiger partial charge in [-0.2, -0.15) is 0 Å². The molecule has 0 bridgehead atoms. The second kappa shape index (κ2) is 13.3. The summed E-state index contributed by atoms with van der Waals surface area (Å²) in [7, 11) is 1.69. The van der Waals surface area contributed by atoms with Crippen LogP contribution < -0.4 is 9.47 Å². The summed E-state index contributed by atoms with van der Waals surface area (Å²) >= 11 is 0. The molecule has 0 atom stereocenters. The molecular weight excluding hydrogens is 548 g/mol. The lowest BCUT2D eigenvalue weighted by Gasteiger charge is -2.26. The maximum Gasteiger partial charge on any atom is 0.127 e. The first-order valence-corrected chi connectivity index (χ1v) is 15.6. The lowest BCUT2D eigenvalue weighted by Crippen LogP contribution is -2.18. The summed E-state index contributed by atoms with van der Waals surface area (Å²) < 4.78 is 11.5. The van der Waals surface area contributed by atoms with Crippen molar-refractivity contribution in [2.45, 2.75) is 39.0 Å². The molecule has 0 aliphatic rings. The van der Waals surface area contributed by atoms with E-state index in [0.29, 0.717) is 0 Å². The van der Waals surface area contributed by atoms with Crippen molar-refractivity contribution >= 4 is 0 Å². The van der Waals surface area contributed by atoms with Crippen molar-refractivity contribution in [3.63, 3.8) is 0 Å². The standard InChI is InChI=1S/C43H40O2/c1-31-5-7-32(8-6-31)29-33-9-15-36(16-10-33)37-17-11-34(12-18-37)30-35-13-23-41(24-14-35)45-42-27-21-39(22-28-42)43(2,3)38-19-25-40(44-4)26-20-38/h5-28H,29-30H2,1-4H3. The average Bonchev–Trinajstić information content (AvgIpc) is 3.08. The molecule has 0 saturated carbocycles. The van der Waals surface area contributed by atoms with Gasteiger partial charge in [0.2, 0.25) is 0 Å². The number of rotatable bonds is 10. The summed E-state index contributed by atoms with van der Waals surface area (Å²) in [6.45, 7) is 6.60. The van der Waals surface area contributed by atoms with Crippen molar-refractivity contribution in [1.29, 1.82) is 0 Å². The van der Waals surface area contributed by atoms with Gasteiger partial charge < -0.3 is 9.47 Å². The third kappa shape index (κ3) is 7.36. The van der Waals surface area contributed by atoms with Crippen molar-refractivity contribution in [2.24, 2.45) is 0 Å². The minimum atomic E-state index is -0.128. The highest BCUT2D eigenvalue weighted by molar-refractivity contribution is 5.64. The van der Waals surface area contributed by atoms with E-state index in [-0.39, 0.29) is 5.41 Å². The molecule has 0 N–H and O–H groups in total. The number of hydrogen-bond donors (Lipinski definition) is 0. The molecule has 0 radical (unpaired) electrons. The first kappa shape index (κ1) is 30.0. The Balaban J connectivity index is 1.04. The zero-order chi connectivity index (χ0) is 31.2. The van der Waals surface area contributed by atoms with Gasteiger partial charge in [0.25, 0.3) is 0 Å². The Hall–Kier alpha value is -5.08. The molecule has 6 aromatic carbocycles. The molecule has 45 heavy (non-hydrogen) atoms. The van der Waals surface area contributed by atoms with E-state index in [1.54, 1.807) is 7.11 Å². The zero-order valence-electron chi connectivity index (χ0n) is 26.6. The molecule has 0 fully saturated rings. The van der Waals surface area contributed by atoms with E-state index in [2.05, 4.69) is 142 Å². The fraction of sp³-hybridized carbons (Fsp3) is 0.163. The highest BCUT2D eigenvalue weighted by Crippen LogP contribution is 2.34. The second-order valence-corrected chi connectivity index (χ2v) is 12.4. The van der Waals surface area contributed by atoms with E-state index in [1.807, 2.05) is 24.3 Å². The van der Waals surface area contributed by atoms with Crippen LogP contribution in [0.4, 0.5) is 0 Å².